The molecule has 1 amide bonds. The van der Waals surface area contributed by atoms with Crippen LogP contribution in [-0.2, 0) is 22.6 Å². The Labute approximate surface area is 163 Å². The molecule has 28 heavy (non-hydrogen) atoms. The van der Waals surface area contributed by atoms with Crippen LogP contribution in [0.1, 0.15) is 17.7 Å². The Balaban J connectivity index is 1.54. The van der Waals surface area contributed by atoms with Gasteiger partial charge in [-0.05, 0) is 25.5 Å². The molecular formula is C21H23N5O2. The lowest BCUT2D eigenvalue weighted by atomic mass is 10.1. The van der Waals surface area contributed by atoms with Gasteiger partial charge in [-0.25, -0.2) is 0 Å². The van der Waals surface area contributed by atoms with Gasteiger partial charge in [-0.1, -0.05) is 18.2 Å². The van der Waals surface area contributed by atoms with Crippen molar-refractivity contribution in [2.24, 2.45) is 0 Å². The molecular weight excluding hydrogens is 354 g/mol. The number of amides is 1. The standard InChI is InChI=1S/C21H23N5O2/c1-16-19(12-22)18-6-2-3-7-20(18)26(16)15-21(27)24-9-5-11-28-17(13-24)14-25-10-4-8-23-25/h2-4,6-8,10,17H,5,9,11,13-15H2,1H3/t17-/m1/s1. The quantitative estimate of drug-likeness (QED) is 0.699. The lowest BCUT2D eigenvalue weighted by Crippen LogP contribution is -2.40. The fraction of sp³-hybridized carbons (Fsp3) is 0.381. The highest BCUT2D eigenvalue weighted by atomic mass is 16.5. The van der Waals surface area contributed by atoms with Crippen LogP contribution in [0, 0.1) is 18.3 Å². The number of carbonyl (C=O) groups is 1. The first-order chi connectivity index (χ1) is 13.7. The largest absolute Gasteiger partial charge is 0.374 e. The third-order valence-electron chi connectivity index (χ3n) is 5.29. The van der Waals surface area contributed by atoms with E-state index in [0.29, 0.717) is 31.8 Å². The zero-order valence-electron chi connectivity index (χ0n) is 15.9. The number of carbonyl (C=O) groups excluding carboxylic acids is 1. The van der Waals surface area contributed by atoms with E-state index in [9.17, 15) is 10.1 Å². The van der Waals surface area contributed by atoms with E-state index in [4.69, 9.17) is 4.74 Å². The number of hydrogen-bond acceptors (Lipinski definition) is 4. The highest BCUT2D eigenvalue weighted by Gasteiger charge is 2.24. The molecule has 1 aliphatic rings. The van der Waals surface area contributed by atoms with E-state index in [1.54, 1.807) is 6.20 Å². The van der Waals surface area contributed by atoms with Crippen LogP contribution in [0.15, 0.2) is 42.7 Å². The average molecular weight is 377 g/mol. The second kappa shape index (κ2) is 7.87. The summed E-state index contributed by atoms with van der Waals surface area (Å²) in [5.41, 5.74) is 2.39. The van der Waals surface area contributed by atoms with Crippen LogP contribution in [0.5, 0.6) is 0 Å². The fourth-order valence-corrected chi connectivity index (χ4v) is 3.86. The van der Waals surface area contributed by atoms with Crippen LogP contribution in [0.3, 0.4) is 0 Å². The number of ether oxygens (including phenoxy) is 1. The predicted octanol–water partition coefficient (Wildman–Crippen LogP) is 2.34. The van der Waals surface area contributed by atoms with Gasteiger partial charge < -0.3 is 14.2 Å². The van der Waals surface area contributed by atoms with E-state index < -0.39 is 0 Å². The molecule has 0 spiro atoms. The second-order valence-electron chi connectivity index (χ2n) is 7.09. The Bertz CT molecular complexity index is 1020. The number of aromatic nitrogens is 3. The maximum Gasteiger partial charge on any atom is 0.242 e. The van der Waals surface area contributed by atoms with Gasteiger partial charge in [-0.3, -0.25) is 9.48 Å². The van der Waals surface area contributed by atoms with Gasteiger partial charge in [0.25, 0.3) is 0 Å². The summed E-state index contributed by atoms with van der Waals surface area (Å²) in [7, 11) is 0. The van der Waals surface area contributed by atoms with Gasteiger partial charge >= 0.3 is 0 Å². The Morgan fingerprint density at radius 2 is 2.21 bits per heavy atom. The molecule has 1 fully saturated rings. The number of nitrogens with zero attached hydrogens (tertiary/aromatic N) is 5. The van der Waals surface area contributed by atoms with Crippen molar-refractivity contribution in [2.45, 2.75) is 32.5 Å². The molecule has 3 aromatic rings. The monoisotopic (exact) mass is 377 g/mol. The molecule has 4 rings (SSSR count). The molecule has 7 heteroatoms. The van der Waals surface area contributed by atoms with Gasteiger partial charge in [-0.2, -0.15) is 10.4 Å². The highest BCUT2D eigenvalue weighted by molar-refractivity contribution is 5.89. The Morgan fingerprint density at radius 1 is 1.36 bits per heavy atom. The van der Waals surface area contributed by atoms with Crippen molar-refractivity contribution in [3.63, 3.8) is 0 Å². The minimum absolute atomic E-state index is 0.0457. The SMILES string of the molecule is Cc1c(C#N)c2ccccc2n1CC(=O)N1CCCO[C@@H](Cn2cccn2)C1. The summed E-state index contributed by atoms with van der Waals surface area (Å²) in [5, 5.41) is 14.7. The van der Waals surface area contributed by atoms with Gasteiger partial charge in [0, 0.05) is 43.2 Å². The average Bonchev–Trinajstić information content (AvgIpc) is 3.22. The zero-order valence-corrected chi connectivity index (χ0v) is 15.9. The molecule has 0 saturated carbocycles. The molecule has 0 aliphatic carbocycles. The number of hydrogen-bond donors (Lipinski definition) is 0. The topological polar surface area (TPSA) is 76.1 Å². The van der Waals surface area contributed by atoms with Crippen molar-refractivity contribution in [3.8, 4) is 6.07 Å². The Morgan fingerprint density at radius 3 is 3.00 bits per heavy atom. The van der Waals surface area contributed by atoms with E-state index in [0.717, 1.165) is 23.0 Å². The number of benzene rings is 1. The number of nitriles is 1. The molecule has 0 bridgehead atoms. The molecule has 7 nitrogen and oxygen atoms in total. The normalized spacial score (nSPS) is 17.4. The molecule has 1 saturated heterocycles. The van der Waals surface area contributed by atoms with Crippen LogP contribution in [0.2, 0.25) is 0 Å². The number of fused-ring (bicyclic) bond motifs is 1. The minimum Gasteiger partial charge on any atom is -0.374 e. The van der Waals surface area contributed by atoms with Gasteiger partial charge in [0.05, 0.1) is 23.7 Å². The smallest absolute Gasteiger partial charge is 0.242 e. The maximum atomic E-state index is 13.1. The van der Waals surface area contributed by atoms with Crippen molar-refractivity contribution in [2.75, 3.05) is 19.7 Å². The molecule has 1 atom stereocenters. The van der Waals surface area contributed by atoms with Crippen LogP contribution in [0.4, 0.5) is 0 Å². The summed E-state index contributed by atoms with van der Waals surface area (Å²) >= 11 is 0. The molecule has 0 radical (unpaired) electrons. The summed E-state index contributed by atoms with van der Waals surface area (Å²) in [6, 6.07) is 11.9. The minimum atomic E-state index is -0.0801. The number of rotatable bonds is 4. The van der Waals surface area contributed by atoms with Crippen molar-refractivity contribution in [1.82, 2.24) is 19.2 Å². The van der Waals surface area contributed by atoms with Crippen LogP contribution in [-0.4, -0.2) is 51.0 Å². The van der Waals surface area contributed by atoms with E-state index in [1.165, 1.54) is 0 Å². The lowest BCUT2D eigenvalue weighted by Gasteiger charge is -2.24. The highest BCUT2D eigenvalue weighted by Crippen LogP contribution is 2.25. The molecule has 2 aromatic heterocycles. The maximum absolute atomic E-state index is 13.1. The predicted molar refractivity (Wildman–Crippen MR) is 105 cm³/mol. The van der Waals surface area contributed by atoms with Crippen molar-refractivity contribution >= 4 is 16.8 Å². The molecule has 144 valence electrons. The Hall–Kier alpha value is -3.11. The van der Waals surface area contributed by atoms with Crippen LogP contribution in [0.25, 0.3) is 10.9 Å². The summed E-state index contributed by atoms with van der Waals surface area (Å²) < 4.78 is 9.70. The molecule has 3 heterocycles. The number of para-hydroxylation sites is 1. The van der Waals surface area contributed by atoms with Crippen molar-refractivity contribution < 1.29 is 9.53 Å². The van der Waals surface area contributed by atoms with E-state index in [-0.39, 0.29) is 18.6 Å². The van der Waals surface area contributed by atoms with Crippen molar-refractivity contribution in [1.29, 1.82) is 5.26 Å². The Kier molecular flexibility index (Phi) is 5.13. The lowest BCUT2D eigenvalue weighted by molar-refractivity contribution is -0.132. The third kappa shape index (κ3) is 3.51. The van der Waals surface area contributed by atoms with Gasteiger partial charge in [0.1, 0.15) is 12.6 Å². The summed E-state index contributed by atoms with van der Waals surface area (Å²) in [6.07, 6.45) is 4.38. The first kappa shape index (κ1) is 18.3. The molecule has 0 N–H and O–H groups in total. The third-order valence-corrected chi connectivity index (χ3v) is 5.29. The van der Waals surface area contributed by atoms with Crippen LogP contribution < -0.4 is 0 Å². The molecule has 1 aliphatic heterocycles. The summed E-state index contributed by atoms with van der Waals surface area (Å²) in [6.45, 7) is 4.61. The summed E-state index contributed by atoms with van der Waals surface area (Å²) in [5.74, 6) is 0.0457. The van der Waals surface area contributed by atoms with E-state index in [1.807, 2.05) is 57.6 Å². The summed E-state index contributed by atoms with van der Waals surface area (Å²) in [4.78, 5) is 15.0. The van der Waals surface area contributed by atoms with E-state index in [2.05, 4.69) is 11.2 Å². The van der Waals surface area contributed by atoms with E-state index >= 15 is 0 Å². The van der Waals surface area contributed by atoms with Gasteiger partial charge in [0.15, 0.2) is 0 Å². The van der Waals surface area contributed by atoms with Crippen LogP contribution >= 0.6 is 0 Å². The second-order valence-corrected chi connectivity index (χ2v) is 7.09. The van der Waals surface area contributed by atoms with Gasteiger partial charge in [-0.15, -0.1) is 0 Å². The first-order valence-corrected chi connectivity index (χ1v) is 9.52. The fourth-order valence-electron chi connectivity index (χ4n) is 3.86. The van der Waals surface area contributed by atoms with Gasteiger partial charge in [0.2, 0.25) is 5.91 Å². The molecule has 1 aromatic carbocycles. The zero-order chi connectivity index (χ0) is 19.5. The first-order valence-electron chi connectivity index (χ1n) is 9.52. The molecule has 0 unspecified atom stereocenters. The van der Waals surface area contributed by atoms with Crippen molar-refractivity contribution in [3.05, 3.63) is 54.0 Å².